The number of rotatable bonds is 3. The number of halogens is 2. The standard InChI is InChI=1S/C17H23F2N3O/c1-12(15-3-2-13(18)10-16(15)19)11-20-17(23)22-9-8-21-6-4-14(22)5-7-21/h2-3,10,12,14H,4-9,11H2,1H3,(H,20,23)/t12-/m1/s1. The summed E-state index contributed by atoms with van der Waals surface area (Å²) in [4.78, 5) is 16.8. The molecule has 1 aromatic carbocycles. The molecule has 126 valence electrons. The summed E-state index contributed by atoms with van der Waals surface area (Å²) in [6, 6.07) is 3.82. The van der Waals surface area contributed by atoms with Crippen LogP contribution in [0.4, 0.5) is 13.6 Å². The van der Waals surface area contributed by atoms with Gasteiger partial charge in [-0.05, 0) is 24.5 Å². The number of carbonyl (C=O) groups is 1. The molecular formula is C17H23F2N3O. The molecule has 0 spiro atoms. The molecule has 3 aliphatic heterocycles. The number of piperidine rings is 1. The molecule has 3 fully saturated rings. The van der Waals surface area contributed by atoms with Crippen LogP contribution in [-0.4, -0.2) is 54.6 Å². The first-order valence-corrected chi connectivity index (χ1v) is 8.26. The molecule has 1 N–H and O–H groups in total. The lowest BCUT2D eigenvalue weighted by Gasteiger charge is -2.31. The summed E-state index contributed by atoms with van der Waals surface area (Å²) in [6.07, 6.45) is 2.05. The van der Waals surface area contributed by atoms with E-state index in [0.29, 0.717) is 18.2 Å². The predicted octanol–water partition coefficient (Wildman–Crippen LogP) is 2.56. The van der Waals surface area contributed by atoms with Crippen molar-refractivity contribution in [1.29, 1.82) is 0 Å². The van der Waals surface area contributed by atoms with Gasteiger partial charge in [-0.25, -0.2) is 13.6 Å². The van der Waals surface area contributed by atoms with E-state index < -0.39 is 11.6 Å². The van der Waals surface area contributed by atoms with Crippen molar-refractivity contribution in [1.82, 2.24) is 15.1 Å². The Morgan fingerprint density at radius 3 is 2.70 bits per heavy atom. The lowest BCUT2D eigenvalue weighted by molar-refractivity contribution is 0.170. The van der Waals surface area contributed by atoms with Gasteiger partial charge in [-0.2, -0.15) is 0 Å². The maximum atomic E-state index is 13.8. The Kier molecular flexibility index (Phi) is 4.80. The Labute approximate surface area is 135 Å². The number of urea groups is 1. The van der Waals surface area contributed by atoms with Gasteiger partial charge in [0, 0.05) is 50.7 Å². The Morgan fingerprint density at radius 2 is 2.00 bits per heavy atom. The quantitative estimate of drug-likeness (QED) is 0.928. The first-order chi connectivity index (χ1) is 11.0. The van der Waals surface area contributed by atoms with Gasteiger partial charge in [0.2, 0.25) is 0 Å². The molecule has 2 bridgehead atoms. The highest BCUT2D eigenvalue weighted by atomic mass is 19.1. The number of carbonyl (C=O) groups excluding carboxylic acids is 1. The van der Waals surface area contributed by atoms with Crippen LogP contribution < -0.4 is 5.32 Å². The lowest BCUT2D eigenvalue weighted by Crippen LogP contribution is -2.47. The summed E-state index contributed by atoms with van der Waals surface area (Å²) in [7, 11) is 0. The minimum atomic E-state index is -0.585. The highest BCUT2D eigenvalue weighted by Crippen LogP contribution is 2.22. The van der Waals surface area contributed by atoms with Crippen molar-refractivity contribution >= 4 is 6.03 Å². The van der Waals surface area contributed by atoms with Crippen LogP contribution in [-0.2, 0) is 0 Å². The molecule has 3 aliphatic rings. The second kappa shape index (κ2) is 6.83. The predicted molar refractivity (Wildman–Crippen MR) is 84.3 cm³/mol. The average molecular weight is 323 g/mol. The van der Waals surface area contributed by atoms with Gasteiger partial charge in [0.25, 0.3) is 0 Å². The number of fused-ring (bicyclic) bond motifs is 4. The van der Waals surface area contributed by atoms with Crippen molar-refractivity contribution in [3.8, 4) is 0 Å². The molecule has 4 nitrogen and oxygen atoms in total. The fourth-order valence-corrected chi connectivity index (χ4v) is 3.51. The maximum Gasteiger partial charge on any atom is 0.317 e. The summed E-state index contributed by atoms with van der Waals surface area (Å²) in [5.74, 6) is -1.35. The Hall–Kier alpha value is -1.69. The first kappa shape index (κ1) is 16.2. The molecule has 1 atom stereocenters. The van der Waals surface area contributed by atoms with Crippen LogP contribution in [0.5, 0.6) is 0 Å². The fourth-order valence-electron chi connectivity index (χ4n) is 3.51. The van der Waals surface area contributed by atoms with Gasteiger partial charge in [-0.3, -0.25) is 0 Å². The summed E-state index contributed by atoms with van der Waals surface area (Å²) in [5, 5.41) is 2.91. The van der Waals surface area contributed by atoms with E-state index in [-0.39, 0.29) is 11.9 Å². The number of benzene rings is 1. The molecule has 23 heavy (non-hydrogen) atoms. The van der Waals surface area contributed by atoms with Crippen LogP contribution in [0.25, 0.3) is 0 Å². The lowest BCUT2D eigenvalue weighted by atomic mass is 10.0. The van der Waals surface area contributed by atoms with Crippen molar-refractivity contribution in [3.05, 3.63) is 35.4 Å². The summed E-state index contributed by atoms with van der Waals surface area (Å²) in [5.41, 5.74) is 0.426. The van der Waals surface area contributed by atoms with Crippen LogP contribution in [0.2, 0.25) is 0 Å². The summed E-state index contributed by atoms with van der Waals surface area (Å²) >= 11 is 0. The summed E-state index contributed by atoms with van der Waals surface area (Å²) < 4.78 is 26.8. The number of amides is 2. The van der Waals surface area contributed by atoms with Crippen molar-refractivity contribution in [3.63, 3.8) is 0 Å². The Balaban J connectivity index is 1.58. The van der Waals surface area contributed by atoms with Crippen LogP contribution in [0, 0.1) is 11.6 Å². The zero-order chi connectivity index (χ0) is 16.4. The van der Waals surface area contributed by atoms with Gasteiger partial charge in [0.05, 0.1) is 0 Å². The van der Waals surface area contributed by atoms with E-state index in [2.05, 4.69) is 10.2 Å². The number of hydrogen-bond acceptors (Lipinski definition) is 2. The van der Waals surface area contributed by atoms with E-state index in [4.69, 9.17) is 0 Å². The molecular weight excluding hydrogens is 300 g/mol. The molecule has 3 saturated heterocycles. The first-order valence-electron chi connectivity index (χ1n) is 8.26. The van der Waals surface area contributed by atoms with Crippen LogP contribution >= 0.6 is 0 Å². The molecule has 1 aromatic rings. The smallest absolute Gasteiger partial charge is 0.317 e. The molecule has 0 aromatic heterocycles. The van der Waals surface area contributed by atoms with Crippen molar-refractivity contribution in [2.45, 2.75) is 31.7 Å². The van der Waals surface area contributed by atoms with E-state index in [0.717, 1.165) is 45.1 Å². The largest absolute Gasteiger partial charge is 0.337 e. The van der Waals surface area contributed by atoms with E-state index in [1.54, 1.807) is 0 Å². The molecule has 6 heteroatoms. The highest BCUT2D eigenvalue weighted by molar-refractivity contribution is 5.74. The highest BCUT2D eigenvalue weighted by Gasteiger charge is 2.31. The minimum absolute atomic E-state index is 0.0758. The molecule has 3 heterocycles. The van der Waals surface area contributed by atoms with Gasteiger partial charge in [0.15, 0.2) is 0 Å². The van der Waals surface area contributed by atoms with Gasteiger partial charge >= 0.3 is 6.03 Å². The molecule has 0 radical (unpaired) electrons. The third-order valence-corrected chi connectivity index (χ3v) is 4.97. The third-order valence-electron chi connectivity index (χ3n) is 4.97. The second-order valence-electron chi connectivity index (χ2n) is 6.52. The van der Waals surface area contributed by atoms with Gasteiger partial charge in [0.1, 0.15) is 11.6 Å². The average Bonchev–Trinajstić information content (AvgIpc) is 2.86. The summed E-state index contributed by atoms with van der Waals surface area (Å²) in [6.45, 7) is 5.96. The second-order valence-corrected chi connectivity index (χ2v) is 6.52. The fraction of sp³-hybridized carbons (Fsp3) is 0.588. The number of nitrogens with zero attached hydrogens (tertiary/aromatic N) is 2. The zero-order valence-electron chi connectivity index (χ0n) is 13.4. The minimum Gasteiger partial charge on any atom is -0.337 e. The van der Waals surface area contributed by atoms with Crippen LogP contribution in [0.3, 0.4) is 0 Å². The van der Waals surface area contributed by atoms with Gasteiger partial charge in [-0.15, -0.1) is 0 Å². The van der Waals surface area contributed by atoms with E-state index >= 15 is 0 Å². The van der Waals surface area contributed by atoms with Crippen LogP contribution in [0.1, 0.15) is 31.2 Å². The van der Waals surface area contributed by atoms with Crippen LogP contribution in [0.15, 0.2) is 18.2 Å². The third kappa shape index (κ3) is 3.63. The topological polar surface area (TPSA) is 35.6 Å². The van der Waals surface area contributed by atoms with E-state index in [1.807, 2.05) is 11.8 Å². The molecule has 2 amide bonds. The van der Waals surface area contributed by atoms with Crippen molar-refractivity contribution in [2.75, 3.05) is 32.7 Å². The molecule has 0 aliphatic carbocycles. The number of hydrogen-bond donors (Lipinski definition) is 1. The van der Waals surface area contributed by atoms with Crippen molar-refractivity contribution in [2.24, 2.45) is 0 Å². The van der Waals surface area contributed by atoms with E-state index in [1.165, 1.54) is 12.1 Å². The normalized spacial score (nSPS) is 25.1. The van der Waals surface area contributed by atoms with Gasteiger partial charge in [-0.1, -0.05) is 13.0 Å². The Morgan fingerprint density at radius 1 is 1.26 bits per heavy atom. The van der Waals surface area contributed by atoms with E-state index in [9.17, 15) is 13.6 Å². The molecule has 0 saturated carbocycles. The molecule has 0 unspecified atom stereocenters. The maximum absolute atomic E-state index is 13.8. The number of nitrogens with one attached hydrogen (secondary N) is 1. The monoisotopic (exact) mass is 323 g/mol. The Bertz CT molecular complexity index is 573. The van der Waals surface area contributed by atoms with Crippen molar-refractivity contribution < 1.29 is 13.6 Å². The SMILES string of the molecule is C[C@H](CNC(=O)N1CCN2CCC1CC2)c1ccc(F)cc1F. The molecule has 4 rings (SSSR count). The van der Waals surface area contributed by atoms with Gasteiger partial charge < -0.3 is 15.1 Å². The zero-order valence-corrected chi connectivity index (χ0v) is 13.4.